The number of hydrogen-bond acceptors (Lipinski definition) is 0. The van der Waals surface area contributed by atoms with Gasteiger partial charge in [0, 0.05) is 15.9 Å². The second kappa shape index (κ2) is 18.0. The predicted molar refractivity (Wildman–Crippen MR) is 108 cm³/mol. The van der Waals surface area contributed by atoms with Crippen LogP contribution in [0.5, 0.6) is 0 Å². The lowest BCUT2D eigenvalue weighted by atomic mass is 10.1. The number of hydrogen-bond donors (Lipinski definition) is 0. The van der Waals surface area contributed by atoms with Gasteiger partial charge in [-0.1, -0.05) is 83.3 Å². The van der Waals surface area contributed by atoms with Crippen molar-refractivity contribution in [3.05, 3.63) is 0 Å². The SMILES string of the molecule is CCCCCCC(F)[SiH2]CC(C)CC[SiH2]CCCCCCC(F)F. The minimum atomic E-state index is -2.12. The summed E-state index contributed by atoms with van der Waals surface area (Å²) in [4.78, 5) is 0. The summed E-state index contributed by atoms with van der Waals surface area (Å²) < 4.78 is 37.8. The molecule has 24 heavy (non-hydrogen) atoms. The molecule has 0 fully saturated rings. The second-order valence-electron chi connectivity index (χ2n) is 7.57. The molecule has 146 valence electrons. The van der Waals surface area contributed by atoms with Gasteiger partial charge in [-0.3, -0.25) is 4.39 Å². The van der Waals surface area contributed by atoms with E-state index in [4.69, 9.17) is 0 Å². The highest BCUT2D eigenvalue weighted by Gasteiger charge is 2.10. The zero-order chi connectivity index (χ0) is 18.0. The third-order valence-electron chi connectivity index (χ3n) is 4.96. The minimum Gasteiger partial charge on any atom is -0.252 e. The van der Waals surface area contributed by atoms with Crippen LogP contribution in [0.1, 0.15) is 84.5 Å². The van der Waals surface area contributed by atoms with Crippen molar-refractivity contribution in [2.24, 2.45) is 5.92 Å². The molecule has 0 amide bonds. The smallest absolute Gasteiger partial charge is 0.238 e. The van der Waals surface area contributed by atoms with Gasteiger partial charge in [-0.15, -0.1) is 0 Å². The highest BCUT2D eigenvalue weighted by atomic mass is 28.2. The molecule has 0 rings (SSSR count). The van der Waals surface area contributed by atoms with Crippen molar-refractivity contribution in [1.82, 2.24) is 0 Å². The summed E-state index contributed by atoms with van der Waals surface area (Å²) in [5.74, 6) is 0.277. The van der Waals surface area contributed by atoms with Crippen LogP contribution >= 0.6 is 0 Å². The van der Waals surface area contributed by atoms with Crippen LogP contribution < -0.4 is 0 Å². The van der Waals surface area contributed by atoms with E-state index in [-0.39, 0.29) is 15.9 Å². The van der Waals surface area contributed by atoms with E-state index in [1.165, 1.54) is 50.2 Å². The molecule has 0 aliphatic rings. The van der Waals surface area contributed by atoms with Gasteiger partial charge in [-0.2, -0.15) is 0 Å². The first kappa shape index (κ1) is 24.2. The Balaban J connectivity index is 3.29. The first-order chi connectivity index (χ1) is 11.6. The molecule has 0 nitrogen and oxygen atoms in total. The Morgan fingerprint density at radius 1 is 0.750 bits per heavy atom. The third kappa shape index (κ3) is 18.6. The molecule has 0 aromatic rings. The average Bonchev–Trinajstić information content (AvgIpc) is 2.55. The average molecular weight is 383 g/mol. The van der Waals surface area contributed by atoms with Gasteiger partial charge in [-0.25, -0.2) is 8.78 Å². The van der Waals surface area contributed by atoms with Crippen molar-refractivity contribution in [3.63, 3.8) is 0 Å². The Morgan fingerprint density at radius 3 is 2.12 bits per heavy atom. The van der Waals surface area contributed by atoms with Crippen molar-refractivity contribution in [1.29, 1.82) is 0 Å². The van der Waals surface area contributed by atoms with Crippen molar-refractivity contribution >= 4 is 19.0 Å². The van der Waals surface area contributed by atoms with Crippen LogP contribution in [0.3, 0.4) is 0 Å². The summed E-state index contributed by atoms with van der Waals surface area (Å²) in [5.41, 5.74) is 0. The summed E-state index contributed by atoms with van der Waals surface area (Å²) in [6.45, 7) is 4.50. The maximum absolute atomic E-state index is 13.9. The van der Waals surface area contributed by atoms with Gasteiger partial charge in [0.1, 0.15) is 0 Å². The lowest BCUT2D eigenvalue weighted by molar-refractivity contribution is 0.134. The number of alkyl halides is 3. The molecule has 0 saturated carbocycles. The monoisotopic (exact) mass is 382 g/mol. The lowest BCUT2D eigenvalue weighted by Crippen LogP contribution is -2.14. The molecule has 0 aliphatic carbocycles. The van der Waals surface area contributed by atoms with E-state index in [0.29, 0.717) is 6.42 Å². The summed E-state index contributed by atoms with van der Waals surface area (Å²) in [7, 11) is -0.482. The molecule has 0 aromatic carbocycles. The minimum absolute atomic E-state index is 0.0365. The first-order valence-corrected chi connectivity index (χ1v) is 14.3. The molecule has 0 saturated heterocycles. The molecule has 0 radical (unpaired) electrons. The molecule has 2 atom stereocenters. The molecular weight excluding hydrogens is 341 g/mol. The van der Waals surface area contributed by atoms with Crippen molar-refractivity contribution in [2.45, 2.75) is 115 Å². The lowest BCUT2D eigenvalue weighted by Gasteiger charge is -2.13. The molecule has 0 aromatic heterocycles. The van der Waals surface area contributed by atoms with Crippen LogP contribution in [0.25, 0.3) is 0 Å². The second-order valence-corrected chi connectivity index (χ2v) is 11.7. The van der Waals surface area contributed by atoms with Crippen LogP contribution in [-0.2, 0) is 0 Å². The maximum atomic E-state index is 13.9. The Hall–Kier alpha value is 0.224. The summed E-state index contributed by atoms with van der Waals surface area (Å²) in [6, 6.07) is 3.93. The van der Waals surface area contributed by atoms with Gasteiger partial charge >= 0.3 is 0 Å². The van der Waals surface area contributed by atoms with E-state index in [9.17, 15) is 13.2 Å². The number of rotatable bonds is 18. The molecule has 5 heteroatoms. The fraction of sp³-hybridized carbons (Fsp3) is 1.00. The van der Waals surface area contributed by atoms with E-state index in [1.54, 1.807) is 0 Å². The molecule has 0 N–H and O–H groups in total. The van der Waals surface area contributed by atoms with Crippen LogP contribution in [-0.4, -0.2) is 31.3 Å². The Bertz CT molecular complexity index is 253. The zero-order valence-corrected chi connectivity index (χ0v) is 19.0. The van der Waals surface area contributed by atoms with Gasteiger partial charge in [0.25, 0.3) is 0 Å². The summed E-state index contributed by atoms with van der Waals surface area (Å²) >= 11 is 0. The zero-order valence-electron chi connectivity index (χ0n) is 16.2. The topological polar surface area (TPSA) is 0 Å². The largest absolute Gasteiger partial charge is 0.252 e. The number of halogens is 3. The molecule has 0 heterocycles. The Morgan fingerprint density at radius 2 is 1.42 bits per heavy atom. The highest BCUT2D eigenvalue weighted by molar-refractivity contribution is 6.37. The van der Waals surface area contributed by atoms with Crippen LogP contribution in [0.2, 0.25) is 18.1 Å². The Labute approximate surface area is 153 Å². The normalized spacial score (nSPS) is 15.2. The third-order valence-corrected chi connectivity index (χ3v) is 9.22. The van der Waals surface area contributed by atoms with Gasteiger partial charge in [0.05, 0.1) is 15.3 Å². The van der Waals surface area contributed by atoms with E-state index in [2.05, 4.69) is 13.8 Å². The van der Waals surface area contributed by atoms with E-state index in [1.807, 2.05) is 0 Å². The van der Waals surface area contributed by atoms with Crippen molar-refractivity contribution in [3.8, 4) is 0 Å². The maximum Gasteiger partial charge on any atom is 0.238 e. The van der Waals surface area contributed by atoms with Crippen LogP contribution in [0.15, 0.2) is 0 Å². The molecule has 0 aliphatic heterocycles. The van der Waals surface area contributed by atoms with Gasteiger partial charge in [0.2, 0.25) is 6.43 Å². The summed E-state index contributed by atoms with van der Waals surface area (Å²) in [5, 5.41) is 0. The van der Waals surface area contributed by atoms with E-state index in [0.717, 1.165) is 31.6 Å². The van der Waals surface area contributed by atoms with Crippen LogP contribution in [0.4, 0.5) is 13.2 Å². The van der Waals surface area contributed by atoms with E-state index < -0.39 is 21.7 Å². The number of unbranched alkanes of at least 4 members (excludes halogenated alkanes) is 6. The molecule has 0 bridgehead atoms. The van der Waals surface area contributed by atoms with E-state index >= 15 is 0 Å². The highest BCUT2D eigenvalue weighted by Crippen LogP contribution is 2.16. The molecular formula is C19H41F3Si2. The fourth-order valence-corrected chi connectivity index (χ4v) is 7.06. The summed E-state index contributed by atoms with van der Waals surface area (Å²) in [6.07, 6.45) is 8.86. The molecule has 0 spiro atoms. The van der Waals surface area contributed by atoms with Gasteiger partial charge < -0.3 is 0 Å². The first-order valence-electron chi connectivity index (χ1n) is 10.5. The van der Waals surface area contributed by atoms with Gasteiger partial charge in [-0.05, 0) is 18.8 Å². The quantitative estimate of drug-likeness (QED) is 0.199. The van der Waals surface area contributed by atoms with Crippen LogP contribution in [0, 0.1) is 5.92 Å². The van der Waals surface area contributed by atoms with Gasteiger partial charge in [0.15, 0.2) is 0 Å². The Kier molecular flexibility index (Phi) is 18.2. The predicted octanol–water partition coefficient (Wildman–Crippen LogP) is 6.09. The standard InChI is InChI=1S/C19H41F3Si2/c1-3-4-5-9-12-19(22)24-16-17(2)13-15-23-14-10-7-6-8-11-18(20)21/h17-19H,3-16,23-24H2,1-2H3. The molecule has 2 unspecified atom stereocenters. The van der Waals surface area contributed by atoms with Crippen molar-refractivity contribution in [2.75, 3.05) is 0 Å². The fourth-order valence-electron chi connectivity index (χ4n) is 3.22. The van der Waals surface area contributed by atoms with Crippen molar-refractivity contribution < 1.29 is 13.2 Å².